The molecule has 0 aromatic heterocycles. The van der Waals surface area contributed by atoms with E-state index in [-0.39, 0.29) is 10.9 Å². The summed E-state index contributed by atoms with van der Waals surface area (Å²) in [7, 11) is -0.500. The van der Waals surface area contributed by atoms with Crippen LogP contribution in [-0.4, -0.2) is 33.4 Å². The van der Waals surface area contributed by atoms with Gasteiger partial charge in [-0.25, -0.2) is 13.2 Å². The van der Waals surface area contributed by atoms with Crippen molar-refractivity contribution in [2.45, 2.75) is 4.90 Å². The van der Waals surface area contributed by atoms with E-state index < -0.39 is 10.0 Å². The first-order chi connectivity index (χ1) is 10.4. The number of rotatable bonds is 4. The minimum Gasteiger partial charge on any atom is -0.331 e. The van der Waals surface area contributed by atoms with Gasteiger partial charge in [0.25, 0.3) is 10.0 Å². The number of sulfonamides is 1. The van der Waals surface area contributed by atoms with Crippen LogP contribution in [0.15, 0.2) is 59.5 Å². The van der Waals surface area contributed by atoms with Crippen molar-refractivity contribution in [3.05, 3.63) is 54.6 Å². The summed E-state index contributed by atoms with van der Waals surface area (Å²) in [6, 6.07) is 14.3. The Hall–Kier alpha value is -2.54. The van der Waals surface area contributed by atoms with Crippen molar-refractivity contribution in [2.75, 3.05) is 24.1 Å². The van der Waals surface area contributed by atoms with Crippen molar-refractivity contribution in [3.8, 4) is 0 Å². The maximum absolute atomic E-state index is 12.3. The van der Waals surface area contributed by atoms with Crippen LogP contribution in [-0.2, 0) is 10.0 Å². The summed E-state index contributed by atoms with van der Waals surface area (Å²) in [5.41, 5.74) is 0.697. The first kappa shape index (κ1) is 15.8. The van der Waals surface area contributed by atoms with Crippen molar-refractivity contribution >= 4 is 27.4 Å². The molecule has 0 bridgehead atoms. The number of amides is 2. The lowest BCUT2D eigenvalue weighted by atomic mass is 10.3. The zero-order valence-electron chi connectivity index (χ0n) is 12.3. The minimum absolute atomic E-state index is 0.156. The number of para-hydroxylation sites is 2. The number of carbonyl (C=O) groups excluding carboxylic acids is 1. The van der Waals surface area contributed by atoms with E-state index in [9.17, 15) is 13.2 Å². The molecule has 0 aliphatic rings. The molecular weight excluding hydrogens is 302 g/mol. The summed E-state index contributed by atoms with van der Waals surface area (Å²) < 4.78 is 27.2. The highest BCUT2D eigenvalue weighted by Crippen LogP contribution is 2.24. The molecule has 2 amide bonds. The fourth-order valence-corrected chi connectivity index (χ4v) is 2.81. The van der Waals surface area contributed by atoms with Gasteiger partial charge in [-0.1, -0.05) is 30.3 Å². The van der Waals surface area contributed by atoms with Crippen molar-refractivity contribution in [1.82, 2.24) is 4.90 Å². The molecule has 2 rings (SSSR count). The van der Waals surface area contributed by atoms with Crippen molar-refractivity contribution in [1.29, 1.82) is 0 Å². The summed E-state index contributed by atoms with van der Waals surface area (Å²) in [5.74, 6) is 0. The summed E-state index contributed by atoms with van der Waals surface area (Å²) >= 11 is 0. The standard InChI is InChI=1S/C15H17N3O3S/c1-18(2)15(19)16-13-10-6-7-11-14(13)17-22(20,21)12-8-4-3-5-9-12/h3-11,17H,1-2H3,(H,16,19). The summed E-state index contributed by atoms with van der Waals surface area (Å²) in [6.07, 6.45) is 0. The van der Waals surface area contributed by atoms with Gasteiger partial charge in [0.2, 0.25) is 0 Å². The second-order valence-electron chi connectivity index (χ2n) is 4.79. The Morgan fingerprint density at radius 1 is 0.909 bits per heavy atom. The third-order valence-corrected chi connectivity index (χ3v) is 4.25. The molecule has 0 spiro atoms. The summed E-state index contributed by atoms with van der Waals surface area (Å²) in [5, 5.41) is 2.64. The van der Waals surface area contributed by atoms with E-state index in [1.807, 2.05) is 0 Å². The van der Waals surface area contributed by atoms with Gasteiger partial charge in [-0.15, -0.1) is 0 Å². The Balaban J connectivity index is 2.29. The monoisotopic (exact) mass is 319 g/mol. The summed E-state index contributed by atoms with van der Waals surface area (Å²) in [4.78, 5) is 13.3. The first-order valence-corrected chi connectivity index (χ1v) is 8.03. The van der Waals surface area contributed by atoms with Gasteiger partial charge in [0, 0.05) is 14.1 Å². The lowest BCUT2D eigenvalue weighted by molar-refractivity contribution is 0.230. The maximum atomic E-state index is 12.3. The zero-order valence-corrected chi connectivity index (χ0v) is 13.1. The fraction of sp³-hybridized carbons (Fsp3) is 0.133. The van der Waals surface area contributed by atoms with Crippen molar-refractivity contribution in [3.63, 3.8) is 0 Å². The van der Waals surface area contributed by atoms with E-state index in [0.29, 0.717) is 11.4 Å². The van der Waals surface area contributed by atoms with Crippen LogP contribution in [0.1, 0.15) is 0 Å². The van der Waals surface area contributed by atoms with E-state index in [0.717, 1.165) is 0 Å². The molecule has 22 heavy (non-hydrogen) atoms. The Bertz CT molecular complexity index is 759. The fourth-order valence-electron chi connectivity index (χ4n) is 1.71. The first-order valence-electron chi connectivity index (χ1n) is 6.55. The predicted molar refractivity (Wildman–Crippen MR) is 86.4 cm³/mol. The molecule has 0 fully saturated rings. The van der Waals surface area contributed by atoms with E-state index >= 15 is 0 Å². The number of anilines is 2. The highest BCUT2D eigenvalue weighted by molar-refractivity contribution is 7.92. The predicted octanol–water partition coefficient (Wildman–Crippen LogP) is 2.58. The van der Waals surface area contributed by atoms with Gasteiger partial charge in [0.05, 0.1) is 16.3 Å². The molecule has 2 aromatic rings. The van der Waals surface area contributed by atoms with Crippen LogP contribution in [0.4, 0.5) is 16.2 Å². The third kappa shape index (κ3) is 3.76. The Labute approximate surface area is 129 Å². The molecule has 7 heteroatoms. The molecule has 0 aliphatic carbocycles. The maximum Gasteiger partial charge on any atom is 0.321 e. The Morgan fingerprint density at radius 3 is 2.05 bits per heavy atom. The molecule has 2 N–H and O–H groups in total. The molecule has 0 aliphatic heterocycles. The minimum atomic E-state index is -3.71. The van der Waals surface area contributed by atoms with Crippen LogP contribution in [0.3, 0.4) is 0 Å². The average Bonchev–Trinajstić information content (AvgIpc) is 2.49. The van der Waals surface area contributed by atoms with E-state index in [2.05, 4.69) is 10.0 Å². The molecule has 0 atom stereocenters. The SMILES string of the molecule is CN(C)C(=O)Nc1ccccc1NS(=O)(=O)c1ccccc1. The number of nitrogens with zero attached hydrogens (tertiary/aromatic N) is 1. The zero-order chi connectivity index (χ0) is 16.2. The quantitative estimate of drug-likeness (QED) is 0.909. The van der Waals surface area contributed by atoms with Gasteiger partial charge in [0.15, 0.2) is 0 Å². The van der Waals surface area contributed by atoms with Crippen LogP contribution in [0.2, 0.25) is 0 Å². The Kier molecular flexibility index (Phi) is 4.67. The summed E-state index contributed by atoms with van der Waals surface area (Å²) in [6.45, 7) is 0. The highest BCUT2D eigenvalue weighted by atomic mass is 32.2. The van der Waals surface area contributed by atoms with Gasteiger partial charge in [-0.2, -0.15) is 0 Å². The molecule has 116 valence electrons. The van der Waals surface area contributed by atoms with Gasteiger partial charge >= 0.3 is 6.03 Å². The second kappa shape index (κ2) is 6.48. The molecule has 2 aromatic carbocycles. The second-order valence-corrected chi connectivity index (χ2v) is 6.47. The van der Waals surface area contributed by atoms with Crippen LogP contribution in [0, 0.1) is 0 Å². The average molecular weight is 319 g/mol. The van der Waals surface area contributed by atoms with E-state index in [1.165, 1.54) is 17.0 Å². The van der Waals surface area contributed by atoms with E-state index in [1.54, 1.807) is 56.6 Å². The van der Waals surface area contributed by atoms with Gasteiger partial charge in [0.1, 0.15) is 0 Å². The highest BCUT2D eigenvalue weighted by Gasteiger charge is 2.16. The number of benzene rings is 2. The van der Waals surface area contributed by atoms with E-state index in [4.69, 9.17) is 0 Å². The van der Waals surface area contributed by atoms with Crippen molar-refractivity contribution < 1.29 is 13.2 Å². The molecule has 0 heterocycles. The number of nitrogens with one attached hydrogen (secondary N) is 2. The Morgan fingerprint density at radius 2 is 1.45 bits per heavy atom. The lowest BCUT2D eigenvalue weighted by Crippen LogP contribution is -2.28. The molecule has 0 unspecified atom stereocenters. The van der Waals surface area contributed by atoms with Gasteiger partial charge in [-0.05, 0) is 24.3 Å². The molecule has 0 radical (unpaired) electrons. The largest absolute Gasteiger partial charge is 0.331 e. The number of carbonyl (C=O) groups is 1. The molecule has 6 nitrogen and oxygen atoms in total. The van der Waals surface area contributed by atoms with Crippen molar-refractivity contribution in [2.24, 2.45) is 0 Å². The van der Waals surface area contributed by atoms with Crippen LogP contribution < -0.4 is 10.0 Å². The molecule has 0 saturated heterocycles. The normalized spacial score (nSPS) is 10.8. The van der Waals surface area contributed by atoms with Crippen LogP contribution in [0.25, 0.3) is 0 Å². The number of hydrogen-bond acceptors (Lipinski definition) is 3. The number of urea groups is 1. The smallest absolute Gasteiger partial charge is 0.321 e. The topological polar surface area (TPSA) is 78.5 Å². The van der Waals surface area contributed by atoms with Gasteiger partial charge < -0.3 is 10.2 Å². The number of hydrogen-bond donors (Lipinski definition) is 2. The van der Waals surface area contributed by atoms with Crippen LogP contribution >= 0.6 is 0 Å². The van der Waals surface area contributed by atoms with Crippen LogP contribution in [0.5, 0.6) is 0 Å². The third-order valence-electron chi connectivity index (χ3n) is 2.87. The molecule has 0 saturated carbocycles. The van der Waals surface area contributed by atoms with Gasteiger partial charge in [-0.3, -0.25) is 4.72 Å². The molecular formula is C15H17N3O3S. The lowest BCUT2D eigenvalue weighted by Gasteiger charge is -2.16.